The standard InChI is InChI=1S/C80H143NO8/c1-3-5-7-9-11-13-15-17-19-21-23-25-27-29-31-33-34-35-36-37-38-39-40-42-44-46-48-50-52-54-56-58-60-62-64-66-68-70-76(84)81-73(72-88-80-79(87)78(86)77(85)75(71-82)89-80)74(83)69-67-65-63-61-59-57-55-53-51-49-47-45-43-41-32-30-28-26-24-22-20-18-16-14-12-10-8-6-4-2/h5,7,11,13,17,19,23,25,29,31,34-35,37-38,67,69,73-75,77-80,82-83,85-87H,3-4,6,8-10,12,14-16,18,20-22,24,26-28,30,32-33,36,39-66,68,70-72H2,1-2H3,(H,81,84)/b7-5-,13-11-,19-17-,25-23-,31-29-,35-34-,38-37-,69-67+. The maximum absolute atomic E-state index is 13.2. The molecular formula is C80H143NO8. The summed E-state index contributed by atoms with van der Waals surface area (Å²) in [6.45, 7) is 3.71. The van der Waals surface area contributed by atoms with Crippen molar-refractivity contribution in [2.75, 3.05) is 13.2 Å². The van der Waals surface area contributed by atoms with Crippen LogP contribution in [0.4, 0.5) is 0 Å². The molecule has 1 rings (SSSR count). The summed E-state index contributed by atoms with van der Waals surface area (Å²) in [5.74, 6) is -0.175. The molecule has 1 aliphatic heterocycles. The summed E-state index contributed by atoms with van der Waals surface area (Å²) >= 11 is 0. The van der Waals surface area contributed by atoms with Crippen LogP contribution in [0.1, 0.15) is 348 Å². The molecule has 1 aliphatic rings. The summed E-state index contributed by atoms with van der Waals surface area (Å²) in [7, 11) is 0. The molecule has 0 aromatic heterocycles. The van der Waals surface area contributed by atoms with Gasteiger partial charge >= 0.3 is 0 Å². The van der Waals surface area contributed by atoms with Crippen molar-refractivity contribution >= 4 is 5.91 Å². The highest BCUT2D eigenvalue weighted by atomic mass is 16.7. The van der Waals surface area contributed by atoms with Gasteiger partial charge in [0.2, 0.25) is 5.91 Å². The fraction of sp³-hybridized carbons (Fsp3) is 0.787. The van der Waals surface area contributed by atoms with Gasteiger partial charge in [-0.25, -0.2) is 0 Å². The second kappa shape index (κ2) is 68.0. The lowest BCUT2D eigenvalue weighted by Gasteiger charge is -2.40. The largest absolute Gasteiger partial charge is 0.394 e. The third kappa shape index (κ3) is 56.4. The number of aliphatic hydroxyl groups excluding tert-OH is 5. The summed E-state index contributed by atoms with van der Waals surface area (Å²) in [4.78, 5) is 13.2. The molecule has 6 N–H and O–H groups in total. The van der Waals surface area contributed by atoms with Crippen LogP contribution in [0.15, 0.2) is 97.2 Å². The Morgan fingerprint density at radius 1 is 0.393 bits per heavy atom. The lowest BCUT2D eigenvalue weighted by molar-refractivity contribution is -0.302. The SMILES string of the molecule is CC/C=C\C/C=C\C/C=C\C/C=C\C/C=C\C/C=C\C/C=C\CCCCCCCCCCCCCCCCCC(=O)NC(COC1OC(CO)C(O)C(O)C1O)C(O)/C=C/CCCCCCCCCCCCCCCCCCCCCCCCCCCCC. The molecule has 0 aromatic rings. The molecule has 7 atom stereocenters. The van der Waals surface area contributed by atoms with E-state index in [1.807, 2.05) is 6.08 Å². The molecule has 9 nitrogen and oxygen atoms in total. The minimum atomic E-state index is -1.57. The number of carbonyl (C=O) groups is 1. The van der Waals surface area contributed by atoms with E-state index >= 15 is 0 Å². The van der Waals surface area contributed by atoms with Crippen LogP contribution in [0.2, 0.25) is 0 Å². The second-order valence-corrected chi connectivity index (χ2v) is 26.1. The molecule has 0 aliphatic carbocycles. The quantitative estimate of drug-likeness (QED) is 0.0261. The Kier molecular flexibility index (Phi) is 64.3. The molecule has 89 heavy (non-hydrogen) atoms. The lowest BCUT2D eigenvalue weighted by Crippen LogP contribution is -2.60. The van der Waals surface area contributed by atoms with Crippen molar-refractivity contribution in [1.29, 1.82) is 0 Å². The van der Waals surface area contributed by atoms with E-state index < -0.39 is 49.5 Å². The van der Waals surface area contributed by atoms with Crippen LogP contribution in [0.25, 0.3) is 0 Å². The van der Waals surface area contributed by atoms with Crippen LogP contribution in [0.5, 0.6) is 0 Å². The number of unbranched alkanes of at least 4 members (excludes halogenated alkanes) is 42. The molecule has 0 spiro atoms. The highest BCUT2D eigenvalue weighted by molar-refractivity contribution is 5.76. The fourth-order valence-electron chi connectivity index (χ4n) is 11.8. The Labute approximate surface area is 549 Å². The number of amides is 1. The van der Waals surface area contributed by atoms with Gasteiger partial charge in [-0.1, -0.05) is 361 Å². The normalized spacial score (nSPS) is 18.4. The van der Waals surface area contributed by atoms with Crippen molar-refractivity contribution in [1.82, 2.24) is 5.32 Å². The average Bonchev–Trinajstić information content (AvgIpc) is 2.28. The maximum atomic E-state index is 13.2. The molecule has 1 saturated heterocycles. The number of carbonyl (C=O) groups excluding carboxylic acids is 1. The molecule has 1 heterocycles. The molecule has 0 bridgehead atoms. The van der Waals surface area contributed by atoms with E-state index in [-0.39, 0.29) is 12.5 Å². The van der Waals surface area contributed by atoms with Crippen LogP contribution in [0.3, 0.4) is 0 Å². The number of hydrogen-bond acceptors (Lipinski definition) is 8. The third-order valence-electron chi connectivity index (χ3n) is 17.7. The summed E-state index contributed by atoms with van der Waals surface area (Å²) in [6.07, 6.45) is 92.4. The van der Waals surface area contributed by atoms with Gasteiger partial charge in [0.25, 0.3) is 0 Å². The van der Waals surface area contributed by atoms with Crippen molar-refractivity contribution in [3.05, 3.63) is 97.2 Å². The Morgan fingerprint density at radius 3 is 1.03 bits per heavy atom. The monoisotopic (exact) mass is 1250 g/mol. The zero-order chi connectivity index (χ0) is 64.2. The number of rotatable bonds is 66. The number of allylic oxidation sites excluding steroid dienone is 15. The number of hydrogen-bond donors (Lipinski definition) is 6. The van der Waals surface area contributed by atoms with Gasteiger partial charge < -0.3 is 40.3 Å². The minimum absolute atomic E-state index is 0.175. The average molecular weight is 1250 g/mol. The lowest BCUT2D eigenvalue weighted by atomic mass is 9.99. The molecule has 0 aromatic carbocycles. The number of nitrogens with one attached hydrogen (secondary N) is 1. The zero-order valence-electron chi connectivity index (χ0n) is 57.9. The van der Waals surface area contributed by atoms with E-state index in [4.69, 9.17) is 9.47 Å². The van der Waals surface area contributed by atoms with Crippen molar-refractivity contribution in [3.8, 4) is 0 Å². The predicted octanol–water partition coefficient (Wildman–Crippen LogP) is 21.4. The predicted molar refractivity (Wildman–Crippen MR) is 382 cm³/mol. The smallest absolute Gasteiger partial charge is 0.220 e. The van der Waals surface area contributed by atoms with Gasteiger partial charge in [0.05, 0.1) is 25.4 Å². The van der Waals surface area contributed by atoms with Gasteiger partial charge in [0.15, 0.2) is 6.29 Å². The van der Waals surface area contributed by atoms with Crippen molar-refractivity contribution < 1.29 is 39.8 Å². The Balaban J connectivity index is 2.11. The van der Waals surface area contributed by atoms with Gasteiger partial charge in [-0.15, -0.1) is 0 Å². The molecule has 516 valence electrons. The summed E-state index contributed by atoms with van der Waals surface area (Å²) in [6, 6.07) is -0.812. The van der Waals surface area contributed by atoms with Gasteiger partial charge in [0.1, 0.15) is 24.4 Å². The first-order valence-electron chi connectivity index (χ1n) is 38.0. The summed E-state index contributed by atoms with van der Waals surface area (Å²) in [5.41, 5.74) is 0. The second-order valence-electron chi connectivity index (χ2n) is 26.1. The molecule has 1 fully saturated rings. The molecule has 9 heteroatoms. The van der Waals surface area contributed by atoms with Gasteiger partial charge in [-0.05, 0) is 77.0 Å². The highest BCUT2D eigenvalue weighted by Crippen LogP contribution is 2.23. The van der Waals surface area contributed by atoms with Crippen LogP contribution in [-0.4, -0.2) is 87.5 Å². The fourth-order valence-corrected chi connectivity index (χ4v) is 11.8. The zero-order valence-corrected chi connectivity index (χ0v) is 57.9. The first-order valence-corrected chi connectivity index (χ1v) is 38.0. The van der Waals surface area contributed by atoms with Crippen LogP contribution in [-0.2, 0) is 14.3 Å². The summed E-state index contributed by atoms with van der Waals surface area (Å²) in [5, 5.41) is 54.9. The first kappa shape index (κ1) is 84.1. The van der Waals surface area contributed by atoms with Gasteiger partial charge in [0, 0.05) is 6.42 Å². The number of ether oxygens (including phenoxy) is 2. The minimum Gasteiger partial charge on any atom is -0.394 e. The van der Waals surface area contributed by atoms with Crippen molar-refractivity contribution in [2.24, 2.45) is 0 Å². The molecule has 7 unspecified atom stereocenters. The molecule has 0 radical (unpaired) electrons. The van der Waals surface area contributed by atoms with E-state index in [1.54, 1.807) is 6.08 Å². The van der Waals surface area contributed by atoms with E-state index in [1.165, 1.54) is 244 Å². The third-order valence-corrected chi connectivity index (χ3v) is 17.7. The summed E-state index contributed by atoms with van der Waals surface area (Å²) < 4.78 is 11.3. The topological polar surface area (TPSA) is 149 Å². The van der Waals surface area contributed by atoms with Crippen LogP contribution < -0.4 is 5.32 Å². The molecular weight excluding hydrogens is 1100 g/mol. The van der Waals surface area contributed by atoms with Gasteiger partial charge in [-0.2, -0.15) is 0 Å². The maximum Gasteiger partial charge on any atom is 0.220 e. The first-order chi connectivity index (χ1) is 43.8. The molecule has 1 amide bonds. The van der Waals surface area contributed by atoms with Gasteiger partial charge in [-0.3, -0.25) is 4.79 Å². The number of aliphatic hydroxyl groups is 5. The highest BCUT2D eigenvalue weighted by Gasteiger charge is 2.44. The molecule has 0 saturated carbocycles. The Hall–Kier alpha value is -2.89. The Morgan fingerprint density at radius 2 is 0.697 bits per heavy atom. The van der Waals surface area contributed by atoms with E-state index in [2.05, 4.69) is 104 Å². The van der Waals surface area contributed by atoms with E-state index in [0.717, 1.165) is 83.5 Å². The van der Waals surface area contributed by atoms with Crippen LogP contribution >= 0.6 is 0 Å². The van der Waals surface area contributed by atoms with Crippen LogP contribution in [0, 0.1) is 0 Å². The van der Waals surface area contributed by atoms with E-state index in [9.17, 15) is 30.3 Å². The van der Waals surface area contributed by atoms with Crippen molar-refractivity contribution in [2.45, 2.75) is 391 Å². The Bertz CT molecular complexity index is 1730. The van der Waals surface area contributed by atoms with Crippen molar-refractivity contribution in [3.63, 3.8) is 0 Å². The van der Waals surface area contributed by atoms with E-state index in [0.29, 0.717) is 6.42 Å².